The van der Waals surface area contributed by atoms with Crippen LogP contribution in [0.25, 0.3) is 0 Å². The zero-order chi connectivity index (χ0) is 15.4. The van der Waals surface area contributed by atoms with E-state index >= 15 is 0 Å². The lowest BCUT2D eigenvalue weighted by Crippen LogP contribution is -2.18. The first kappa shape index (κ1) is 14.5. The van der Waals surface area contributed by atoms with Gasteiger partial charge >= 0.3 is 0 Å². The zero-order valence-corrected chi connectivity index (χ0v) is 11.9. The number of benzene rings is 2. The van der Waals surface area contributed by atoms with Gasteiger partial charge in [0.15, 0.2) is 0 Å². The third kappa shape index (κ3) is 3.18. The van der Waals surface area contributed by atoms with Gasteiger partial charge in [0.05, 0.1) is 16.2 Å². The van der Waals surface area contributed by atoms with Crippen LogP contribution in [0.15, 0.2) is 42.5 Å². The number of non-ortho nitro benzene ring substituents is 1. The minimum absolute atomic E-state index is 0.0698. The molecule has 2 aromatic rings. The minimum atomic E-state index is -0.494. The molecule has 0 unspecified atom stereocenters. The first-order valence-corrected chi connectivity index (χ1v) is 6.47. The van der Waals surface area contributed by atoms with E-state index in [1.165, 1.54) is 17.7 Å². The average Bonchev–Trinajstić information content (AvgIpc) is 2.48. The molecule has 0 N–H and O–H groups in total. The highest BCUT2D eigenvalue weighted by molar-refractivity contribution is 5.62. The standard InChI is InChI=1S/C16H15N3O2/c1-12-5-3-4-6-13(12)11-18(2)16-8-7-15(19(20)21)9-14(16)10-17/h3-9H,11H2,1-2H3. The SMILES string of the molecule is Cc1ccccc1CN(C)c1ccc([N+](=O)[O-])cc1C#N. The molecule has 0 saturated heterocycles. The van der Waals surface area contributed by atoms with Crippen molar-refractivity contribution in [3.63, 3.8) is 0 Å². The zero-order valence-electron chi connectivity index (χ0n) is 11.9. The molecule has 0 fully saturated rings. The van der Waals surface area contributed by atoms with Crippen molar-refractivity contribution in [1.82, 2.24) is 0 Å². The van der Waals surface area contributed by atoms with Crippen molar-refractivity contribution in [3.8, 4) is 6.07 Å². The molecule has 0 aliphatic heterocycles. The summed E-state index contributed by atoms with van der Waals surface area (Å²) < 4.78 is 0. The Morgan fingerprint density at radius 2 is 2.00 bits per heavy atom. The number of nitro groups is 1. The summed E-state index contributed by atoms with van der Waals surface area (Å²) in [6.07, 6.45) is 0. The van der Waals surface area contributed by atoms with Gasteiger partial charge in [-0.2, -0.15) is 5.26 Å². The fourth-order valence-corrected chi connectivity index (χ4v) is 2.19. The minimum Gasteiger partial charge on any atom is -0.369 e. The molecule has 0 aliphatic rings. The van der Waals surface area contributed by atoms with Gasteiger partial charge in [-0.25, -0.2) is 0 Å². The molecule has 0 radical (unpaired) electrons. The molecule has 0 aromatic heterocycles. The Hall–Kier alpha value is -2.87. The smallest absolute Gasteiger partial charge is 0.270 e. The van der Waals surface area contributed by atoms with Crippen LogP contribution >= 0.6 is 0 Å². The van der Waals surface area contributed by atoms with Crippen molar-refractivity contribution in [2.45, 2.75) is 13.5 Å². The molecule has 5 nitrogen and oxygen atoms in total. The van der Waals surface area contributed by atoms with Gasteiger partial charge in [0.25, 0.3) is 5.69 Å². The van der Waals surface area contributed by atoms with Gasteiger partial charge in [-0.1, -0.05) is 24.3 Å². The van der Waals surface area contributed by atoms with E-state index in [9.17, 15) is 15.4 Å². The topological polar surface area (TPSA) is 70.2 Å². The van der Waals surface area contributed by atoms with Crippen LogP contribution in [-0.4, -0.2) is 12.0 Å². The molecule has 0 amide bonds. The number of nitrogens with zero attached hydrogens (tertiary/aromatic N) is 3. The predicted molar refractivity (Wildman–Crippen MR) is 81.1 cm³/mol. The van der Waals surface area contributed by atoms with Crippen LogP contribution in [0.4, 0.5) is 11.4 Å². The maximum absolute atomic E-state index is 10.8. The van der Waals surface area contributed by atoms with E-state index in [1.54, 1.807) is 6.07 Å². The first-order chi connectivity index (χ1) is 10.0. The van der Waals surface area contributed by atoms with Gasteiger partial charge in [-0.15, -0.1) is 0 Å². The third-order valence-corrected chi connectivity index (χ3v) is 3.39. The average molecular weight is 281 g/mol. The summed E-state index contributed by atoms with van der Waals surface area (Å²) in [5, 5.41) is 20.0. The van der Waals surface area contributed by atoms with Crippen molar-refractivity contribution >= 4 is 11.4 Å². The first-order valence-electron chi connectivity index (χ1n) is 6.47. The molecule has 0 bridgehead atoms. The summed E-state index contributed by atoms with van der Waals surface area (Å²) in [5.74, 6) is 0. The van der Waals surface area contributed by atoms with Crippen molar-refractivity contribution in [2.75, 3.05) is 11.9 Å². The number of anilines is 1. The molecular formula is C16H15N3O2. The van der Waals surface area contributed by atoms with Crippen LogP contribution in [0.3, 0.4) is 0 Å². The number of rotatable bonds is 4. The maximum Gasteiger partial charge on any atom is 0.270 e. The summed E-state index contributed by atoms with van der Waals surface area (Å²) in [4.78, 5) is 12.2. The molecule has 21 heavy (non-hydrogen) atoms. The van der Waals surface area contributed by atoms with Crippen LogP contribution in [0.5, 0.6) is 0 Å². The van der Waals surface area contributed by atoms with Crippen LogP contribution in [0.2, 0.25) is 0 Å². The van der Waals surface area contributed by atoms with E-state index in [4.69, 9.17) is 0 Å². The molecule has 0 saturated carbocycles. The van der Waals surface area contributed by atoms with Gasteiger partial charge in [-0.3, -0.25) is 10.1 Å². The fourth-order valence-electron chi connectivity index (χ4n) is 2.19. The summed E-state index contributed by atoms with van der Waals surface area (Å²) in [7, 11) is 1.87. The van der Waals surface area contributed by atoms with Gasteiger partial charge < -0.3 is 4.90 Å². The third-order valence-electron chi connectivity index (χ3n) is 3.39. The Morgan fingerprint density at radius 1 is 1.29 bits per heavy atom. The molecule has 0 aliphatic carbocycles. The van der Waals surface area contributed by atoms with Crippen LogP contribution in [0, 0.1) is 28.4 Å². The Labute approximate surface area is 123 Å². The van der Waals surface area contributed by atoms with Crippen molar-refractivity contribution in [3.05, 3.63) is 69.3 Å². The van der Waals surface area contributed by atoms with E-state index in [2.05, 4.69) is 0 Å². The second-order valence-electron chi connectivity index (χ2n) is 4.85. The summed E-state index contributed by atoms with van der Waals surface area (Å²) in [6, 6.07) is 14.4. The monoisotopic (exact) mass is 281 g/mol. The van der Waals surface area contributed by atoms with Crippen molar-refractivity contribution in [2.24, 2.45) is 0 Å². The lowest BCUT2D eigenvalue weighted by atomic mass is 10.1. The predicted octanol–water partition coefficient (Wildman–Crippen LogP) is 3.41. The molecule has 5 heteroatoms. The molecule has 106 valence electrons. The van der Waals surface area contributed by atoms with E-state index in [1.807, 2.05) is 49.2 Å². The van der Waals surface area contributed by atoms with Gasteiger partial charge in [0.1, 0.15) is 6.07 Å². The highest BCUT2D eigenvalue weighted by Gasteiger charge is 2.14. The summed E-state index contributed by atoms with van der Waals surface area (Å²) in [5.41, 5.74) is 3.25. The lowest BCUT2D eigenvalue weighted by molar-refractivity contribution is -0.384. The van der Waals surface area contributed by atoms with Crippen LogP contribution in [0.1, 0.15) is 16.7 Å². The second-order valence-corrected chi connectivity index (χ2v) is 4.85. The molecular weight excluding hydrogens is 266 g/mol. The van der Waals surface area contributed by atoms with Gasteiger partial charge in [0, 0.05) is 25.7 Å². The van der Waals surface area contributed by atoms with Crippen molar-refractivity contribution in [1.29, 1.82) is 5.26 Å². The van der Waals surface area contributed by atoms with Gasteiger partial charge in [0.2, 0.25) is 0 Å². The number of nitriles is 1. The maximum atomic E-state index is 10.8. The number of nitro benzene ring substituents is 1. The lowest BCUT2D eigenvalue weighted by Gasteiger charge is -2.21. The van der Waals surface area contributed by atoms with E-state index < -0.39 is 4.92 Å². The van der Waals surface area contributed by atoms with Gasteiger partial charge in [-0.05, 0) is 24.1 Å². The van der Waals surface area contributed by atoms with E-state index in [0.717, 1.165) is 5.56 Å². The number of hydrogen-bond acceptors (Lipinski definition) is 4. The molecule has 0 spiro atoms. The fraction of sp³-hybridized carbons (Fsp3) is 0.188. The van der Waals surface area contributed by atoms with E-state index in [-0.39, 0.29) is 5.69 Å². The molecule has 2 aromatic carbocycles. The van der Waals surface area contributed by atoms with Crippen LogP contribution in [-0.2, 0) is 6.54 Å². The Morgan fingerprint density at radius 3 is 2.62 bits per heavy atom. The number of hydrogen-bond donors (Lipinski definition) is 0. The Bertz CT molecular complexity index is 720. The molecule has 0 heterocycles. The summed E-state index contributed by atoms with van der Waals surface area (Å²) >= 11 is 0. The Balaban J connectivity index is 2.31. The highest BCUT2D eigenvalue weighted by atomic mass is 16.6. The highest BCUT2D eigenvalue weighted by Crippen LogP contribution is 2.25. The quantitative estimate of drug-likeness (QED) is 0.636. The molecule has 0 atom stereocenters. The Kier molecular flexibility index (Phi) is 4.19. The molecule has 2 rings (SSSR count). The second kappa shape index (κ2) is 6.06. The summed E-state index contributed by atoms with van der Waals surface area (Å²) in [6.45, 7) is 2.67. The normalized spacial score (nSPS) is 9.95. The van der Waals surface area contributed by atoms with E-state index in [0.29, 0.717) is 17.8 Å². The number of aryl methyl sites for hydroxylation is 1. The largest absolute Gasteiger partial charge is 0.369 e. The van der Waals surface area contributed by atoms with Crippen LogP contribution < -0.4 is 4.90 Å². The van der Waals surface area contributed by atoms with Crippen molar-refractivity contribution < 1.29 is 4.92 Å².